The molecule has 0 saturated heterocycles. The Hall–Kier alpha value is -0.100. The van der Waals surface area contributed by atoms with Crippen LogP contribution in [0.4, 0.5) is 0 Å². The molecule has 0 heterocycles. The van der Waals surface area contributed by atoms with E-state index in [2.05, 4.69) is 31.9 Å². The van der Waals surface area contributed by atoms with Crippen molar-refractivity contribution in [3.63, 3.8) is 0 Å². The fourth-order valence-corrected chi connectivity index (χ4v) is 1.15. The number of carbonyl (C=O) groups is 2. The van der Waals surface area contributed by atoms with Crippen LogP contribution in [0.5, 0.6) is 0 Å². The zero-order valence-corrected chi connectivity index (χ0v) is 11.5. The Labute approximate surface area is 106 Å². The second kappa shape index (κ2) is 10.4. The summed E-state index contributed by atoms with van der Waals surface area (Å²) in [6.07, 6.45) is 0.995. The number of hydrogen-bond acceptors (Lipinski definition) is 4. The van der Waals surface area contributed by atoms with E-state index in [0.29, 0.717) is 30.3 Å². The molecule has 0 amide bonds. The summed E-state index contributed by atoms with van der Waals surface area (Å²) in [6, 6.07) is 0. The number of rotatable bonds is 8. The van der Waals surface area contributed by atoms with Crippen LogP contribution in [0.3, 0.4) is 0 Å². The molecule has 88 valence electrons. The molecular formula is C9H14Br2O4. The summed E-state index contributed by atoms with van der Waals surface area (Å²) in [5.74, 6) is -0.550. The molecule has 0 aromatic heterocycles. The minimum atomic E-state index is -0.275. The third-order valence-electron chi connectivity index (χ3n) is 1.44. The van der Waals surface area contributed by atoms with Gasteiger partial charge in [0, 0.05) is 23.5 Å². The highest BCUT2D eigenvalue weighted by Gasteiger charge is 2.06. The lowest BCUT2D eigenvalue weighted by atomic mass is 10.2. The standard InChI is InChI=1S/C9H14Br2O4/c10-4-6-14-8(12)2-1-3-9(13)15-7-5-11/h1-7H2. The first-order valence-corrected chi connectivity index (χ1v) is 6.88. The summed E-state index contributed by atoms with van der Waals surface area (Å²) in [5.41, 5.74) is 0. The van der Waals surface area contributed by atoms with Crippen LogP contribution in [0, 0.1) is 0 Å². The molecule has 0 aliphatic heterocycles. The molecule has 0 aromatic rings. The van der Waals surface area contributed by atoms with Crippen molar-refractivity contribution < 1.29 is 19.1 Å². The van der Waals surface area contributed by atoms with Crippen LogP contribution in [0.25, 0.3) is 0 Å². The molecule has 0 N–H and O–H groups in total. The molecule has 4 nitrogen and oxygen atoms in total. The van der Waals surface area contributed by atoms with Gasteiger partial charge >= 0.3 is 11.9 Å². The Kier molecular flexibility index (Phi) is 10.3. The third-order valence-corrected chi connectivity index (χ3v) is 2.09. The van der Waals surface area contributed by atoms with Crippen molar-refractivity contribution in [1.82, 2.24) is 0 Å². The van der Waals surface area contributed by atoms with E-state index in [9.17, 15) is 9.59 Å². The first kappa shape index (κ1) is 14.9. The van der Waals surface area contributed by atoms with Crippen LogP contribution >= 0.6 is 31.9 Å². The van der Waals surface area contributed by atoms with Gasteiger partial charge in [-0.1, -0.05) is 31.9 Å². The average Bonchev–Trinajstić information content (AvgIpc) is 2.23. The highest BCUT2D eigenvalue weighted by atomic mass is 79.9. The van der Waals surface area contributed by atoms with Crippen LogP contribution in [-0.4, -0.2) is 35.8 Å². The van der Waals surface area contributed by atoms with Gasteiger partial charge in [-0.3, -0.25) is 9.59 Å². The molecule has 0 aliphatic rings. The molecule has 0 rings (SSSR count). The molecule has 0 aliphatic carbocycles. The summed E-state index contributed by atoms with van der Waals surface area (Å²) < 4.78 is 9.62. The highest BCUT2D eigenvalue weighted by Crippen LogP contribution is 2.00. The zero-order chi connectivity index (χ0) is 11.5. The smallest absolute Gasteiger partial charge is 0.305 e. The lowest BCUT2D eigenvalue weighted by molar-refractivity contribution is -0.144. The lowest BCUT2D eigenvalue weighted by Crippen LogP contribution is -2.09. The average molecular weight is 346 g/mol. The normalized spacial score (nSPS) is 9.73. The van der Waals surface area contributed by atoms with Gasteiger partial charge in [-0.2, -0.15) is 0 Å². The summed E-state index contributed by atoms with van der Waals surface area (Å²) in [5, 5.41) is 1.26. The summed E-state index contributed by atoms with van der Waals surface area (Å²) in [4.78, 5) is 22.0. The van der Waals surface area contributed by atoms with Gasteiger partial charge in [0.25, 0.3) is 0 Å². The number of carbonyl (C=O) groups excluding carboxylic acids is 2. The Morgan fingerprint density at radius 2 is 1.27 bits per heavy atom. The molecule has 6 heteroatoms. The topological polar surface area (TPSA) is 52.6 Å². The molecule has 0 fully saturated rings. The fourth-order valence-electron chi connectivity index (χ4n) is 0.826. The fraction of sp³-hybridized carbons (Fsp3) is 0.778. The molecule has 0 saturated carbocycles. The van der Waals surface area contributed by atoms with E-state index in [-0.39, 0.29) is 24.8 Å². The quantitative estimate of drug-likeness (QED) is 0.499. The van der Waals surface area contributed by atoms with Crippen LogP contribution in [0.15, 0.2) is 0 Å². The molecule has 0 atom stereocenters. The highest BCUT2D eigenvalue weighted by molar-refractivity contribution is 9.09. The van der Waals surface area contributed by atoms with Gasteiger partial charge in [-0.15, -0.1) is 0 Å². The van der Waals surface area contributed by atoms with Gasteiger partial charge in [0.1, 0.15) is 13.2 Å². The lowest BCUT2D eigenvalue weighted by Gasteiger charge is -2.03. The summed E-state index contributed by atoms with van der Waals surface area (Å²) in [6.45, 7) is 0.736. The van der Waals surface area contributed by atoms with Gasteiger partial charge in [-0.05, 0) is 6.42 Å². The third kappa shape index (κ3) is 10.2. The van der Waals surface area contributed by atoms with E-state index in [1.165, 1.54) is 0 Å². The van der Waals surface area contributed by atoms with E-state index in [1.807, 2.05) is 0 Å². The number of alkyl halides is 2. The van der Waals surface area contributed by atoms with Gasteiger partial charge in [-0.25, -0.2) is 0 Å². The molecule has 15 heavy (non-hydrogen) atoms. The Morgan fingerprint density at radius 1 is 0.867 bits per heavy atom. The second-order valence-electron chi connectivity index (χ2n) is 2.67. The zero-order valence-electron chi connectivity index (χ0n) is 8.34. The van der Waals surface area contributed by atoms with Gasteiger partial charge in [0.05, 0.1) is 0 Å². The van der Waals surface area contributed by atoms with Gasteiger partial charge in [0.15, 0.2) is 0 Å². The first-order chi connectivity index (χ1) is 7.20. The largest absolute Gasteiger partial charge is 0.465 e. The molecule has 0 bridgehead atoms. The second-order valence-corrected chi connectivity index (χ2v) is 4.26. The van der Waals surface area contributed by atoms with E-state index in [0.717, 1.165) is 0 Å². The van der Waals surface area contributed by atoms with E-state index in [4.69, 9.17) is 9.47 Å². The number of halogens is 2. The molecule has 0 radical (unpaired) electrons. The number of hydrogen-bond donors (Lipinski definition) is 0. The maximum atomic E-state index is 11.0. The van der Waals surface area contributed by atoms with Crippen LogP contribution < -0.4 is 0 Å². The minimum Gasteiger partial charge on any atom is -0.465 e. The minimum absolute atomic E-state index is 0.260. The van der Waals surface area contributed by atoms with Gasteiger partial charge in [0.2, 0.25) is 0 Å². The Bertz CT molecular complexity index is 177. The van der Waals surface area contributed by atoms with Crippen molar-refractivity contribution in [2.24, 2.45) is 0 Å². The number of ether oxygens (including phenoxy) is 2. The van der Waals surface area contributed by atoms with E-state index < -0.39 is 0 Å². The van der Waals surface area contributed by atoms with Gasteiger partial charge < -0.3 is 9.47 Å². The van der Waals surface area contributed by atoms with Crippen molar-refractivity contribution in [1.29, 1.82) is 0 Å². The Balaban J connectivity index is 3.36. The monoisotopic (exact) mass is 344 g/mol. The summed E-state index contributed by atoms with van der Waals surface area (Å²) >= 11 is 6.28. The van der Waals surface area contributed by atoms with Crippen molar-refractivity contribution >= 4 is 43.8 Å². The van der Waals surface area contributed by atoms with Crippen molar-refractivity contribution in [3.05, 3.63) is 0 Å². The molecular weight excluding hydrogens is 332 g/mol. The maximum absolute atomic E-state index is 11.0. The van der Waals surface area contributed by atoms with Crippen molar-refractivity contribution in [3.8, 4) is 0 Å². The molecule has 0 unspecified atom stereocenters. The van der Waals surface area contributed by atoms with Crippen molar-refractivity contribution in [2.45, 2.75) is 19.3 Å². The van der Waals surface area contributed by atoms with Crippen LogP contribution in [-0.2, 0) is 19.1 Å². The molecule has 0 spiro atoms. The number of esters is 2. The maximum Gasteiger partial charge on any atom is 0.305 e. The first-order valence-electron chi connectivity index (χ1n) is 4.64. The molecule has 0 aromatic carbocycles. The van der Waals surface area contributed by atoms with E-state index in [1.54, 1.807) is 0 Å². The van der Waals surface area contributed by atoms with Crippen LogP contribution in [0.2, 0.25) is 0 Å². The summed E-state index contributed by atoms with van der Waals surface area (Å²) in [7, 11) is 0. The predicted molar refractivity (Wildman–Crippen MR) is 63.4 cm³/mol. The van der Waals surface area contributed by atoms with Crippen LogP contribution in [0.1, 0.15) is 19.3 Å². The van der Waals surface area contributed by atoms with Crippen molar-refractivity contribution in [2.75, 3.05) is 23.9 Å². The van der Waals surface area contributed by atoms with E-state index >= 15 is 0 Å². The SMILES string of the molecule is O=C(CCCC(=O)OCCBr)OCCBr. The predicted octanol–water partition coefficient (Wildman–Crippen LogP) is 2.03. The Morgan fingerprint density at radius 3 is 1.60 bits per heavy atom.